The molecule has 5 heteroatoms. The first-order chi connectivity index (χ1) is 9.14. The molecule has 1 aliphatic heterocycles. The molecule has 1 aliphatic rings. The molecule has 0 aromatic heterocycles. The van der Waals surface area contributed by atoms with Gasteiger partial charge in [-0.3, -0.25) is 0 Å². The Hall–Kier alpha value is 0.314. The van der Waals surface area contributed by atoms with Crippen LogP contribution in [0.4, 0.5) is 0 Å². The van der Waals surface area contributed by atoms with E-state index in [2.05, 4.69) is 57.2 Å². The summed E-state index contributed by atoms with van der Waals surface area (Å²) in [5.74, 6) is 0. The summed E-state index contributed by atoms with van der Waals surface area (Å²) in [6.07, 6.45) is 0.428. The van der Waals surface area contributed by atoms with Crippen LogP contribution in [0.3, 0.4) is 0 Å². The number of piperazine rings is 1. The lowest BCUT2D eigenvalue weighted by Crippen LogP contribution is -2.61. The maximum absolute atomic E-state index is 5.76. The second-order valence-electron chi connectivity index (χ2n) is 7.91. The van der Waals surface area contributed by atoms with Crippen LogP contribution in [0.15, 0.2) is 0 Å². The lowest BCUT2D eigenvalue weighted by Gasteiger charge is -2.49. The zero-order chi connectivity index (χ0) is 15.4. The van der Waals surface area contributed by atoms with Crippen molar-refractivity contribution in [2.45, 2.75) is 64.9 Å². The summed E-state index contributed by atoms with van der Waals surface area (Å²) in [5.41, 5.74) is 0. The summed E-state index contributed by atoms with van der Waals surface area (Å²) in [6.45, 7) is 22.9. The highest BCUT2D eigenvalue weighted by molar-refractivity contribution is 6.77. The number of nitrogens with zero attached hydrogens (tertiary/aromatic N) is 2. The molecular weight excluding hydrogens is 280 g/mol. The minimum absolute atomic E-state index is 0.291. The van der Waals surface area contributed by atoms with Gasteiger partial charge >= 0.3 is 0 Å². The van der Waals surface area contributed by atoms with Gasteiger partial charge in [0.05, 0.1) is 0 Å². The van der Waals surface area contributed by atoms with Crippen LogP contribution in [-0.2, 0) is 4.43 Å². The second kappa shape index (κ2) is 7.54. The van der Waals surface area contributed by atoms with E-state index in [1.165, 1.54) is 38.8 Å². The van der Waals surface area contributed by atoms with Crippen molar-refractivity contribution < 1.29 is 4.43 Å². The Morgan fingerprint density at radius 2 is 1.65 bits per heavy atom. The van der Waals surface area contributed by atoms with E-state index in [0.717, 1.165) is 0 Å². The third-order valence-corrected chi connectivity index (χ3v) is 12.3. The highest BCUT2D eigenvalue weighted by atomic mass is 28.3. The van der Waals surface area contributed by atoms with E-state index >= 15 is 0 Å². The monoisotopic (exact) mass is 316 g/mol. The fraction of sp³-hybridized carbons (Fsp3) is 1.00. The summed E-state index contributed by atoms with van der Waals surface area (Å²) >= 11 is 0. The molecule has 0 aliphatic carbocycles. The molecule has 0 unspecified atom stereocenters. The van der Waals surface area contributed by atoms with Crippen LogP contribution in [0.25, 0.3) is 0 Å². The second-order valence-corrected chi connectivity index (χ2v) is 14.6. The molecule has 0 bridgehead atoms. The molecule has 0 aromatic rings. The Morgan fingerprint density at radius 3 is 2.10 bits per heavy atom. The summed E-state index contributed by atoms with van der Waals surface area (Å²) < 4.78 is 8.57. The van der Waals surface area contributed by atoms with Gasteiger partial charge in [-0.25, -0.2) is 0 Å². The van der Waals surface area contributed by atoms with E-state index in [1.807, 2.05) is 0 Å². The normalized spacial score (nSPS) is 20.4. The largest absolute Gasteiger partial charge is 0.422 e. The van der Waals surface area contributed by atoms with Crippen LogP contribution >= 0.6 is 0 Å². The summed E-state index contributed by atoms with van der Waals surface area (Å²) in [5, 5.41) is 0.465. The molecule has 1 heterocycles. The van der Waals surface area contributed by atoms with E-state index in [9.17, 15) is 0 Å². The molecule has 120 valence electrons. The average molecular weight is 317 g/mol. The molecular formula is C15H36N2OSi2. The van der Waals surface area contributed by atoms with Crippen LogP contribution in [-0.4, -0.2) is 66.3 Å². The molecule has 1 saturated heterocycles. The third kappa shape index (κ3) is 5.26. The molecule has 0 saturated carbocycles. The van der Waals surface area contributed by atoms with Gasteiger partial charge in [-0.1, -0.05) is 33.9 Å². The van der Waals surface area contributed by atoms with Gasteiger partial charge in [0, 0.05) is 32.3 Å². The van der Waals surface area contributed by atoms with Gasteiger partial charge in [0.1, 0.15) is 8.24 Å². The van der Waals surface area contributed by atoms with Crippen LogP contribution < -0.4 is 0 Å². The molecule has 1 fully saturated rings. The van der Waals surface area contributed by atoms with Crippen molar-refractivity contribution >= 4 is 18.0 Å². The smallest absolute Gasteiger partial charge is 0.163 e. The minimum atomic E-state index is -1.30. The molecule has 0 atom stereocenters. The van der Waals surface area contributed by atoms with Crippen LogP contribution in [0.5, 0.6) is 0 Å². The molecule has 3 nitrogen and oxygen atoms in total. The SMILES string of the molecule is CC(C)O[SiH2]CCN1CCN([Si](C)(C)C(C)(C)C)CC1. The average Bonchev–Trinajstić information content (AvgIpc) is 2.33. The first-order valence-corrected chi connectivity index (χ1v) is 12.8. The van der Waals surface area contributed by atoms with Gasteiger partial charge in [0.15, 0.2) is 9.76 Å². The molecule has 0 radical (unpaired) electrons. The third-order valence-electron chi connectivity index (χ3n) is 5.07. The first-order valence-electron chi connectivity index (χ1n) is 8.23. The zero-order valence-corrected chi connectivity index (χ0v) is 17.2. The van der Waals surface area contributed by atoms with E-state index in [1.54, 1.807) is 0 Å². The van der Waals surface area contributed by atoms with Gasteiger partial charge in [-0.2, -0.15) is 0 Å². The maximum Gasteiger partial charge on any atom is 0.163 e. The Balaban J connectivity index is 2.30. The lowest BCUT2D eigenvalue weighted by atomic mass is 10.2. The van der Waals surface area contributed by atoms with E-state index in [-0.39, 0.29) is 9.76 Å². The van der Waals surface area contributed by atoms with Crippen molar-refractivity contribution in [2.75, 3.05) is 32.7 Å². The zero-order valence-electron chi connectivity index (χ0n) is 14.8. The molecule has 0 spiro atoms. The quantitative estimate of drug-likeness (QED) is 0.553. The summed E-state index contributed by atoms with van der Waals surface area (Å²) in [6, 6.07) is 1.30. The maximum atomic E-state index is 5.76. The first kappa shape index (κ1) is 18.4. The van der Waals surface area contributed by atoms with Gasteiger partial charge in [0.25, 0.3) is 0 Å². The van der Waals surface area contributed by atoms with Crippen LogP contribution in [0.2, 0.25) is 24.2 Å². The fourth-order valence-corrected chi connectivity index (χ4v) is 6.09. The molecule has 0 N–H and O–H groups in total. The van der Waals surface area contributed by atoms with Gasteiger partial charge < -0.3 is 13.9 Å². The van der Waals surface area contributed by atoms with E-state index in [4.69, 9.17) is 4.43 Å². The Labute approximate surface area is 130 Å². The van der Waals surface area contributed by atoms with Crippen molar-refractivity contribution in [3.05, 3.63) is 0 Å². The van der Waals surface area contributed by atoms with Crippen molar-refractivity contribution in [1.82, 2.24) is 9.47 Å². The molecule has 20 heavy (non-hydrogen) atoms. The van der Waals surface area contributed by atoms with Gasteiger partial charge in [-0.05, 0) is 31.5 Å². The van der Waals surface area contributed by atoms with Crippen LogP contribution in [0, 0.1) is 0 Å². The Morgan fingerprint density at radius 1 is 1.10 bits per heavy atom. The van der Waals surface area contributed by atoms with Gasteiger partial charge in [-0.15, -0.1) is 0 Å². The molecule has 0 amide bonds. The number of hydrogen-bond donors (Lipinski definition) is 0. The van der Waals surface area contributed by atoms with Crippen LogP contribution in [0.1, 0.15) is 34.6 Å². The predicted molar refractivity (Wildman–Crippen MR) is 94.8 cm³/mol. The Bertz CT molecular complexity index is 282. The highest BCUT2D eigenvalue weighted by Crippen LogP contribution is 2.38. The van der Waals surface area contributed by atoms with E-state index in [0.29, 0.717) is 11.1 Å². The van der Waals surface area contributed by atoms with Crippen molar-refractivity contribution in [3.63, 3.8) is 0 Å². The van der Waals surface area contributed by atoms with E-state index < -0.39 is 8.24 Å². The number of rotatable bonds is 6. The lowest BCUT2D eigenvalue weighted by molar-refractivity contribution is 0.184. The standard InChI is InChI=1S/C15H36N2OSi2/c1-14(2)18-19-13-12-16-8-10-17(11-9-16)20(6,7)15(3,4)5/h14H,8-13,19H2,1-7H3. The topological polar surface area (TPSA) is 15.7 Å². The molecule has 0 aromatic carbocycles. The summed E-state index contributed by atoms with van der Waals surface area (Å²) in [4.78, 5) is 2.64. The number of hydrogen-bond acceptors (Lipinski definition) is 3. The molecule has 1 rings (SSSR count). The van der Waals surface area contributed by atoms with Gasteiger partial charge in [0.2, 0.25) is 0 Å². The van der Waals surface area contributed by atoms with Crippen molar-refractivity contribution in [3.8, 4) is 0 Å². The minimum Gasteiger partial charge on any atom is -0.422 e. The fourth-order valence-electron chi connectivity index (χ4n) is 2.61. The highest BCUT2D eigenvalue weighted by Gasteiger charge is 2.41. The van der Waals surface area contributed by atoms with Crippen molar-refractivity contribution in [1.29, 1.82) is 0 Å². The predicted octanol–water partition coefficient (Wildman–Crippen LogP) is 2.54. The Kier molecular flexibility index (Phi) is 6.92. The van der Waals surface area contributed by atoms with Crippen molar-refractivity contribution in [2.24, 2.45) is 0 Å². The summed E-state index contributed by atoms with van der Waals surface area (Å²) in [7, 11) is -1.59.